The van der Waals surface area contributed by atoms with Crippen molar-refractivity contribution in [1.29, 1.82) is 0 Å². The monoisotopic (exact) mass is 247 g/mol. The number of aliphatic hydroxyl groups excluding tert-OH is 1. The van der Waals surface area contributed by atoms with Gasteiger partial charge in [0, 0.05) is 11.3 Å². The van der Waals surface area contributed by atoms with Crippen LogP contribution in [0.15, 0.2) is 24.3 Å². The van der Waals surface area contributed by atoms with Crippen LogP contribution in [-0.2, 0) is 0 Å². The van der Waals surface area contributed by atoms with Crippen molar-refractivity contribution in [3.8, 4) is 0 Å². The summed E-state index contributed by atoms with van der Waals surface area (Å²) < 4.78 is 0. The fourth-order valence-corrected chi connectivity index (χ4v) is 2.65. The number of hydrogen-bond acceptors (Lipinski definition) is 3. The highest BCUT2D eigenvalue weighted by Gasteiger charge is 2.30. The average Bonchev–Trinajstić information content (AvgIpc) is 2.40. The zero-order valence-corrected chi connectivity index (χ0v) is 10.9. The Bertz CT molecular complexity index is 405. The van der Waals surface area contributed by atoms with Gasteiger partial charge in [0.15, 0.2) is 5.78 Å². The highest BCUT2D eigenvalue weighted by atomic mass is 16.3. The number of ketones is 1. The molecule has 0 saturated heterocycles. The number of carbonyl (C=O) groups is 1. The first kappa shape index (κ1) is 13.1. The number of nitrogens with one attached hydrogen (secondary N) is 1. The van der Waals surface area contributed by atoms with E-state index in [1.165, 1.54) is 19.3 Å². The van der Waals surface area contributed by atoms with Gasteiger partial charge >= 0.3 is 0 Å². The van der Waals surface area contributed by atoms with E-state index in [0.717, 1.165) is 24.1 Å². The Kier molecular flexibility index (Phi) is 4.02. The zero-order valence-electron chi connectivity index (χ0n) is 10.9. The van der Waals surface area contributed by atoms with E-state index in [0.29, 0.717) is 0 Å². The van der Waals surface area contributed by atoms with Gasteiger partial charge in [0.2, 0.25) is 0 Å². The molecule has 1 aliphatic rings. The van der Waals surface area contributed by atoms with Gasteiger partial charge < -0.3 is 10.4 Å². The standard InChI is InChI=1S/C15H21NO2/c1-12(18)13-5-7-14(8-6-13)16-15(11-17)9-3-2-4-10-15/h5-8,16-17H,2-4,9-11H2,1H3. The van der Waals surface area contributed by atoms with Crippen molar-refractivity contribution in [2.24, 2.45) is 0 Å². The van der Waals surface area contributed by atoms with Crippen molar-refractivity contribution in [2.45, 2.75) is 44.6 Å². The van der Waals surface area contributed by atoms with Crippen LogP contribution >= 0.6 is 0 Å². The van der Waals surface area contributed by atoms with Crippen LogP contribution in [0.2, 0.25) is 0 Å². The Labute approximate surface area is 108 Å². The van der Waals surface area contributed by atoms with Crippen LogP contribution in [-0.4, -0.2) is 23.0 Å². The molecule has 0 unspecified atom stereocenters. The molecule has 1 aromatic carbocycles. The topological polar surface area (TPSA) is 49.3 Å². The van der Waals surface area contributed by atoms with Crippen molar-refractivity contribution >= 4 is 11.5 Å². The maximum absolute atomic E-state index is 11.2. The first-order valence-electron chi connectivity index (χ1n) is 6.65. The normalized spacial score (nSPS) is 18.3. The van der Waals surface area contributed by atoms with Crippen molar-refractivity contribution in [1.82, 2.24) is 0 Å². The number of rotatable bonds is 4. The molecule has 2 N–H and O–H groups in total. The molecule has 1 aromatic rings. The summed E-state index contributed by atoms with van der Waals surface area (Å²) in [6.07, 6.45) is 5.61. The summed E-state index contributed by atoms with van der Waals surface area (Å²) in [4.78, 5) is 11.2. The van der Waals surface area contributed by atoms with Crippen LogP contribution in [0.3, 0.4) is 0 Å². The van der Waals surface area contributed by atoms with Crippen molar-refractivity contribution in [3.05, 3.63) is 29.8 Å². The summed E-state index contributed by atoms with van der Waals surface area (Å²) in [5.41, 5.74) is 1.54. The number of hydrogen-bond donors (Lipinski definition) is 2. The summed E-state index contributed by atoms with van der Waals surface area (Å²) >= 11 is 0. The molecule has 1 saturated carbocycles. The Morgan fingerprint density at radius 1 is 1.22 bits per heavy atom. The van der Waals surface area contributed by atoms with Gasteiger partial charge in [0.25, 0.3) is 0 Å². The summed E-state index contributed by atoms with van der Waals surface area (Å²) in [5, 5.41) is 13.1. The van der Waals surface area contributed by atoms with E-state index >= 15 is 0 Å². The van der Waals surface area contributed by atoms with E-state index in [9.17, 15) is 9.90 Å². The quantitative estimate of drug-likeness (QED) is 0.804. The molecule has 1 fully saturated rings. The number of anilines is 1. The first-order chi connectivity index (χ1) is 8.65. The van der Waals surface area contributed by atoms with Gasteiger partial charge in [-0.05, 0) is 44.0 Å². The van der Waals surface area contributed by atoms with E-state index in [4.69, 9.17) is 0 Å². The lowest BCUT2D eigenvalue weighted by Crippen LogP contribution is -2.43. The van der Waals surface area contributed by atoms with Gasteiger partial charge in [-0.25, -0.2) is 0 Å². The Hall–Kier alpha value is -1.35. The van der Waals surface area contributed by atoms with Gasteiger partial charge in [0.05, 0.1) is 12.1 Å². The molecule has 0 aliphatic heterocycles. The molecule has 3 heteroatoms. The van der Waals surface area contributed by atoms with Crippen LogP contribution in [0.25, 0.3) is 0 Å². The van der Waals surface area contributed by atoms with Crippen LogP contribution in [0.4, 0.5) is 5.69 Å². The second-order valence-electron chi connectivity index (χ2n) is 5.26. The second kappa shape index (κ2) is 5.53. The maximum Gasteiger partial charge on any atom is 0.159 e. The highest BCUT2D eigenvalue weighted by Crippen LogP contribution is 2.31. The molecule has 0 radical (unpaired) electrons. The SMILES string of the molecule is CC(=O)c1ccc(NC2(CO)CCCCC2)cc1. The fraction of sp³-hybridized carbons (Fsp3) is 0.533. The number of aliphatic hydroxyl groups is 1. The van der Waals surface area contributed by atoms with Gasteiger partial charge in [-0.3, -0.25) is 4.79 Å². The minimum Gasteiger partial charge on any atom is -0.394 e. The van der Waals surface area contributed by atoms with Gasteiger partial charge in [-0.2, -0.15) is 0 Å². The lowest BCUT2D eigenvalue weighted by atomic mass is 9.82. The largest absolute Gasteiger partial charge is 0.394 e. The second-order valence-corrected chi connectivity index (χ2v) is 5.26. The molecule has 0 aromatic heterocycles. The van der Waals surface area contributed by atoms with E-state index in [1.54, 1.807) is 6.92 Å². The predicted molar refractivity (Wildman–Crippen MR) is 73.0 cm³/mol. The van der Waals surface area contributed by atoms with Crippen molar-refractivity contribution in [3.63, 3.8) is 0 Å². The Morgan fingerprint density at radius 3 is 2.33 bits per heavy atom. The third-order valence-corrected chi connectivity index (χ3v) is 3.81. The van der Waals surface area contributed by atoms with E-state index in [2.05, 4.69) is 5.32 Å². The minimum atomic E-state index is -0.171. The summed E-state index contributed by atoms with van der Waals surface area (Å²) in [6.45, 7) is 1.74. The molecule has 98 valence electrons. The van der Waals surface area contributed by atoms with Crippen molar-refractivity contribution in [2.75, 3.05) is 11.9 Å². The molecule has 18 heavy (non-hydrogen) atoms. The molecule has 0 amide bonds. The average molecular weight is 247 g/mol. The summed E-state index contributed by atoms with van der Waals surface area (Å²) in [5.74, 6) is 0.0797. The smallest absolute Gasteiger partial charge is 0.159 e. The Morgan fingerprint density at radius 2 is 1.83 bits per heavy atom. The minimum absolute atomic E-state index is 0.0797. The van der Waals surface area contributed by atoms with E-state index < -0.39 is 0 Å². The molecule has 3 nitrogen and oxygen atoms in total. The van der Waals surface area contributed by atoms with Crippen LogP contribution in [0.1, 0.15) is 49.4 Å². The molecule has 2 rings (SSSR count). The third kappa shape index (κ3) is 2.91. The van der Waals surface area contributed by atoms with Crippen LogP contribution in [0, 0.1) is 0 Å². The van der Waals surface area contributed by atoms with E-state index in [1.807, 2.05) is 24.3 Å². The van der Waals surface area contributed by atoms with Crippen molar-refractivity contribution < 1.29 is 9.90 Å². The number of carbonyl (C=O) groups excluding carboxylic acids is 1. The van der Waals surface area contributed by atoms with Crippen LogP contribution in [0.5, 0.6) is 0 Å². The predicted octanol–water partition coefficient (Wildman–Crippen LogP) is 3.00. The lowest BCUT2D eigenvalue weighted by molar-refractivity contribution is 0.101. The Balaban J connectivity index is 2.09. The van der Waals surface area contributed by atoms with Crippen LogP contribution < -0.4 is 5.32 Å². The van der Waals surface area contributed by atoms with Gasteiger partial charge in [-0.1, -0.05) is 19.3 Å². The fourth-order valence-electron chi connectivity index (χ4n) is 2.65. The first-order valence-corrected chi connectivity index (χ1v) is 6.65. The van der Waals surface area contributed by atoms with Gasteiger partial charge in [0.1, 0.15) is 0 Å². The molecule has 0 spiro atoms. The summed E-state index contributed by atoms with van der Waals surface area (Å²) in [7, 11) is 0. The molecule has 0 atom stereocenters. The zero-order chi connectivity index (χ0) is 13.0. The molecule has 0 bridgehead atoms. The maximum atomic E-state index is 11.2. The molecule has 1 aliphatic carbocycles. The van der Waals surface area contributed by atoms with E-state index in [-0.39, 0.29) is 17.9 Å². The lowest BCUT2D eigenvalue weighted by Gasteiger charge is -2.37. The number of Topliss-reactive ketones (excluding diaryl/α,β-unsaturated/α-hetero) is 1. The molecular formula is C15H21NO2. The molecular weight excluding hydrogens is 226 g/mol. The summed E-state index contributed by atoms with van der Waals surface area (Å²) in [6, 6.07) is 7.50. The third-order valence-electron chi connectivity index (χ3n) is 3.81. The molecule has 0 heterocycles. The number of benzene rings is 1. The van der Waals surface area contributed by atoms with Gasteiger partial charge in [-0.15, -0.1) is 0 Å². The highest BCUT2D eigenvalue weighted by molar-refractivity contribution is 5.94.